The van der Waals surface area contributed by atoms with Crippen molar-refractivity contribution in [3.63, 3.8) is 0 Å². The van der Waals surface area contributed by atoms with Crippen LogP contribution < -0.4 is 11.5 Å². The highest BCUT2D eigenvalue weighted by atomic mass is 16.1. The zero-order valence-electron chi connectivity index (χ0n) is 9.60. The van der Waals surface area contributed by atoms with Crippen molar-refractivity contribution in [2.75, 3.05) is 0 Å². The summed E-state index contributed by atoms with van der Waals surface area (Å²) in [7, 11) is 0. The van der Waals surface area contributed by atoms with Gasteiger partial charge < -0.3 is 11.5 Å². The Balaban J connectivity index is 2.10. The van der Waals surface area contributed by atoms with E-state index in [1.807, 2.05) is 36.4 Å². The summed E-state index contributed by atoms with van der Waals surface area (Å²) in [6, 6.07) is 9.19. The standard InChI is InChI=1S/C14H16N2O/c15-12-7-4-8-14(16,9-12)10-13(17)11-5-2-1-3-6-11/h1-8H,9-10,15-16H2. The van der Waals surface area contributed by atoms with Gasteiger partial charge in [-0.1, -0.05) is 42.5 Å². The van der Waals surface area contributed by atoms with Gasteiger partial charge in [0.15, 0.2) is 5.78 Å². The molecule has 4 N–H and O–H groups in total. The van der Waals surface area contributed by atoms with E-state index in [-0.39, 0.29) is 12.2 Å². The fraction of sp³-hybridized carbons (Fsp3) is 0.214. The van der Waals surface area contributed by atoms with E-state index in [2.05, 4.69) is 0 Å². The van der Waals surface area contributed by atoms with Gasteiger partial charge in [-0.2, -0.15) is 0 Å². The highest BCUT2D eigenvalue weighted by Crippen LogP contribution is 2.23. The first-order valence-electron chi connectivity index (χ1n) is 5.60. The highest BCUT2D eigenvalue weighted by molar-refractivity contribution is 5.97. The van der Waals surface area contributed by atoms with Gasteiger partial charge in [-0.15, -0.1) is 0 Å². The molecular weight excluding hydrogens is 212 g/mol. The molecule has 3 heteroatoms. The van der Waals surface area contributed by atoms with Crippen molar-refractivity contribution >= 4 is 5.78 Å². The molecular formula is C14H16N2O. The summed E-state index contributed by atoms with van der Waals surface area (Å²) in [5.41, 5.74) is 12.7. The number of carbonyl (C=O) groups excluding carboxylic acids is 1. The zero-order chi connectivity index (χ0) is 12.3. The number of Topliss-reactive ketones (excluding diaryl/α,β-unsaturated/α-hetero) is 1. The maximum atomic E-state index is 12.1. The minimum atomic E-state index is -0.647. The molecule has 0 fully saturated rings. The van der Waals surface area contributed by atoms with Gasteiger partial charge in [0.05, 0.1) is 0 Å². The summed E-state index contributed by atoms with van der Waals surface area (Å²) in [5, 5.41) is 0. The lowest BCUT2D eigenvalue weighted by molar-refractivity contribution is 0.0962. The molecule has 0 radical (unpaired) electrons. The van der Waals surface area contributed by atoms with Crippen molar-refractivity contribution in [3.05, 3.63) is 59.8 Å². The average molecular weight is 228 g/mol. The molecule has 0 bridgehead atoms. The molecule has 0 heterocycles. The fourth-order valence-electron chi connectivity index (χ4n) is 2.01. The van der Waals surface area contributed by atoms with Gasteiger partial charge in [0.25, 0.3) is 0 Å². The van der Waals surface area contributed by atoms with E-state index in [1.165, 1.54) is 0 Å². The second kappa shape index (κ2) is 4.55. The summed E-state index contributed by atoms with van der Waals surface area (Å²) >= 11 is 0. The predicted octanol–water partition coefficient (Wildman–Crippen LogP) is 1.76. The molecule has 0 aromatic heterocycles. The number of nitrogens with two attached hydrogens (primary N) is 2. The van der Waals surface area contributed by atoms with Crippen molar-refractivity contribution < 1.29 is 4.79 Å². The van der Waals surface area contributed by atoms with Crippen LogP contribution in [0.25, 0.3) is 0 Å². The van der Waals surface area contributed by atoms with Crippen LogP contribution in [0.5, 0.6) is 0 Å². The van der Waals surface area contributed by atoms with Crippen molar-refractivity contribution in [2.24, 2.45) is 11.5 Å². The number of hydrogen-bond acceptors (Lipinski definition) is 3. The molecule has 1 aromatic carbocycles. The van der Waals surface area contributed by atoms with Crippen LogP contribution in [0.4, 0.5) is 0 Å². The Labute approximate surface area is 101 Å². The second-order valence-corrected chi connectivity index (χ2v) is 4.48. The first kappa shape index (κ1) is 11.6. The number of carbonyl (C=O) groups is 1. The Bertz CT molecular complexity index is 476. The van der Waals surface area contributed by atoms with Crippen LogP contribution in [0.15, 0.2) is 54.3 Å². The van der Waals surface area contributed by atoms with Crippen LogP contribution in [0.1, 0.15) is 23.2 Å². The van der Waals surface area contributed by atoms with E-state index in [9.17, 15) is 4.79 Å². The third kappa shape index (κ3) is 2.82. The Hall–Kier alpha value is -1.87. The van der Waals surface area contributed by atoms with Gasteiger partial charge in [-0.25, -0.2) is 0 Å². The van der Waals surface area contributed by atoms with Crippen LogP contribution in [0, 0.1) is 0 Å². The van der Waals surface area contributed by atoms with Gasteiger partial charge >= 0.3 is 0 Å². The number of benzene rings is 1. The molecule has 1 aliphatic rings. The molecule has 2 rings (SSSR count). The van der Waals surface area contributed by atoms with Gasteiger partial charge in [-0.3, -0.25) is 4.79 Å². The Morgan fingerprint density at radius 3 is 2.65 bits per heavy atom. The minimum Gasteiger partial charge on any atom is -0.402 e. The van der Waals surface area contributed by atoms with Crippen molar-refractivity contribution in [1.29, 1.82) is 0 Å². The Morgan fingerprint density at radius 1 is 1.29 bits per heavy atom. The summed E-state index contributed by atoms with van der Waals surface area (Å²) in [6.45, 7) is 0. The topological polar surface area (TPSA) is 69.1 Å². The second-order valence-electron chi connectivity index (χ2n) is 4.48. The molecule has 1 aromatic rings. The largest absolute Gasteiger partial charge is 0.402 e. The van der Waals surface area contributed by atoms with E-state index >= 15 is 0 Å². The van der Waals surface area contributed by atoms with Gasteiger partial charge in [0, 0.05) is 29.6 Å². The minimum absolute atomic E-state index is 0.0486. The van der Waals surface area contributed by atoms with E-state index in [4.69, 9.17) is 11.5 Å². The first-order chi connectivity index (χ1) is 8.09. The maximum Gasteiger partial charge on any atom is 0.165 e. The van der Waals surface area contributed by atoms with Gasteiger partial charge in [0.1, 0.15) is 0 Å². The Kier molecular flexibility index (Phi) is 3.11. The molecule has 17 heavy (non-hydrogen) atoms. The molecule has 88 valence electrons. The predicted molar refractivity (Wildman–Crippen MR) is 68.3 cm³/mol. The van der Waals surface area contributed by atoms with Crippen LogP contribution in [0.2, 0.25) is 0 Å². The molecule has 1 unspecified atom stereocenters. The molecule has 1 aliphatic carbocycles. The molecule has 0 spiro atoms. The van der Waals surface area contributed by atoms with E-state index in [0.717, 1.165) is 5.70 Å². The van der Waals surface area contributed by atoms with E-state index in [0.29, 0.717) is 12.0 Å². The van der Waals surface area contributed by atoms with Gasteiger partial charge in [0.2, 0.25) is 0 Å². The number of hydrogen-bond donors (Lipinski definition) is 2. The van der Waals surface area contributed by atoms with Crippen LogP contribution in [0.3, 0.4) is 0 Å². The third-order valence-corrected chi connectivity index (χ3v) is 2.86. The van der Waals surface area contributed by atoms with Crippen LogP contribution >= 0.6 is 0 Å². The number of ketones is 1. The van der Waals surface area contributed by atoms with Gasteiger partial charge in [-0.05, 0) is 6.08 Å². The number of rotatable bonds is 3. The maximum absolute atomic E-state index is 12.1. The zero-order valence-corrected chi connectivity index (χ0v) is 9.60. The van der Waals surface area contributed by atoms with Crippen LogP contribution in [-0.2, 0) is 0 Å². The lowest BCUT2D eigenvalue weighted by atomic mass is 9.84. The Morgan fingerprint density at radius 2 is 2.00 bits per heavy atom. The summed E-state index contributed by atoms with van der Waals surface area (Å²) in [5.74, 6) is 0.0486. The highest BCUT2D eigenvalue weighted by Gasteiger charge is 2.27. The molecule has 3 nitrogen and oxygen atoms in total. The van der Waals surface area contributed by atoms with Crippen molar-refractivity contribution in [1.82, 2.24) is 0 Å². The molecule has 0 saturated carbocycles. The monoisotopic (exact) mass is 228 g/mol. The molecule has 1 atom stereocenters. The number of allylic oxidation sites excluding steroid dienone is 2. The normalized spacial score (nSPS) is 23.2. The van der Waals surface area contributed by atoms with Crippen molar-refractivity contribution in [2.45, 2.75) is 18.4 Å². The smallest absolute Gasteiger partial charge is 0.165 e. The summed E-state index contributed by atoms with van der Waals surface area (Å²) in [4.78, 5) is 12.1. The lowest BCUT2D eigenvalue weighted by Gasteiger charge is -2.27. The third-order valence-electron chi connectivity index (χ3n) is 2.86. The molecule has 0 aliphatic heterocycles. The summed E-state index contributed by atoms with van der Waals surface area (Å²) in [6.07, 6.45) is 6.30. The average Bonchev–Trinajstić information content (AvgIpc) is 2.29. The SMILES string of the molecule is NC1=CC=CC(N)(CC(=O)c2ccccc2)C1. The fourth-order valence-corrected chi connectivity index (χ4v) is 2.01. The first-order valence-corrected chi connectivity index (χ1v) is 5.60. The van der Waals surface area contributed by atoms with Crippen LogP contribution in [-0.4, -0.2) is 11.3 Å². The quantitative estimate of drug-likeness (QED) is 0.774. The summed E-state index contributed by atoms with van der Waals surface area (Å²) < 4.78 is 0. The van der Waals surface area contributed by atoms with E-state index in [1.54, 1.807) is 12.1 Å². The lowest BCUT2D eigenvalue weighted by Crippen LogP contribution is -2.42. The van der Waals surface area contributed by atoms with Crippen molar-refractivity contribution in [3.8, 4) is 0 Å². The molecule has 0 amide bonds. The molecule has 0 saturated heterocycles. The van der Waals surface area contributed by atoms with E-state index < -0.39 is 5.54 Å².